The van der Waals surface area contributed by atoms with Gasteiger partial charge in [0.1, 0.15) is 11.4 Å². The van der Waals surface area contributed by atoms with Crippen LogP contribution in [0.1, 0.15) is 42.5 Å². The lowest BCUT2D eigenvalue weighted by Gasteiger charge is -2.14. The van der Waals surface area contributed by atoms with E-state index < -0.39 is 0 Å². The zero-order valence-electron chi connectivity index (χ0n) is 11.3. The first-order valence-electron chi connectivity index (χ1n) is 6.76. The number of ether oxygens (including phenoxy) is 1. The van der Waals surface area contributed by atoms with Gasteiger partial charge in [-0.2, -0.15) is 0 Å². The van der Waals surface area contributed by atoms with Gasteiger partial charge in [-0.3, -0.25) is 0 Å². The highest BCUT2D eigenvalue weighted by Crippen LogP contribution is 2.20. The van der Waals surface area contributed by atoms with Crippen LogP contribution in [0.25, 0.3) is 0 Å². The third-order valence-corrected chi connectivity index (χ3v) is 3.34. The van der Waals surface area contributed by atoms with E-state index >= 15 is 0 Å². The summed E-state index contributed by atoms with van der Waals surface area (Å²) in [5.74, 6) is 0.248. The monoisotopic (exact) mass is 260 g/mol. The molecule has 1 aromatic heterocycles. The number of esters is 1. The predicted molar refractivity (Wildman–Crippen MR) is 75.2 cm³/mol. The van der Waals surface area contributed by atoms with Crippen molar-refractivity contribution in [3.63, 3.8) is 0 Å². The highest BCUT2D eigenvalue weighted by Gasteiger charge is 2.12. The summed E-state index contributed by atoms with van der Waals surface area (Å²) in [6, 6.07) is 3.46. The molecule has 102 valence electrons. The van der Waals surface area contributed by atoms with Gasteiger partial charge in [0.15, 0.2) is 0 Å². The Hall–Kier alpha value is -1.84. The Morgan fingerprint density at radius 1 is 1.47 bits per heavy atom. The van der Waals surface area contributed by atoms with Crippen LogP contribution in [0.15, 0.2) is 30.0 Å². The lowest BCUT2D eigenvalue weighted by molar-refractivity contribution is 0.0601. The van der Waals surface area contributed by atoms with Gasteiger partial charge in [0.05, 0.1) is 7.11 Å². The molecule has 0 amide bonds. The Morgan fingerprint density at radius 3 is 3.11 bits per heavy atom. The second-order valence-electron chi connectivity index (χ2n) is 4.68. The highest BCUT2D eigenvalue weighted by molar-refractivity contribution is 5.94. The van der Waals surface area contributed by atoms with E-state index in [1.54, 1.807) is 18.3 Å². The normalized spacial score (nSPS) is 14.7. The molecule has 4 heteroatoms. The number of nitrogens with zero attached hydrogens (tertiary/aromatic N) is 1. The summed E-state index contributed by atoms with van der Waals surface area (Å²) in [6.07, 6.45) is 10.0. The number of carbonyl (C=O) groups is 1. The van der Waals surface area contributed by atoms with Crippen LogP contribution >= 0.6 is 0 Å². The molecule has 4 nitrogen and oxygen atoms in total. The molecular weight excluding hydrogens is 240 g/mol. The number of nitrogens with one attached hydrogen (secondary N) is 1. The van der Waals surface area contributed by atoms with Crippen LogP contribution in [0, 0.1) is 0 Å². The molecular formula is C15H20N2O2. The molecule has 2 rings (SSSR count). The molecule has 1 aliphatic carbocycles. The maximum atomic E-state index is 11.6. The molecule has 0 aliphatic heterocycles. The molecule has 19 heavy (non-hydrogen) atoms. The summed E-state index contributed by atoms with van der Waals surface area (Å²) in [4.78, 5) is 15.8. The molecule has 0 saturated carbocycles. The molecule has 0 saturated heterocycles. The SMILES string of the molecule is COC(=O)c1cccnc1NCCC1=CCCCC1. The fourth-order valence-electron chi connectivity index (χ4n) is 2.29. The lowest BCUT2D eigenvalue weighted by atomic mass is 9.97. The zero-order valence-corrected chi connectivity index (χ0v) is 11.3. The van der Waals surface area contributed by atoms with Crippen molar-refractivity contribution in [2.45, 2.75) is 32.1 Å². The van der Waals surface area contributed by atoms with Crippen molar-refractivity contribution in [2.75, 3.05) is 19.0 Å². The largest absolute Gasteiger partial charge is 0.465 e. The summed E-state index contributed by atoms with van der Waals surface area (Å²) in [5.41, 5.74) is 2.00. The van der Waals surface area contributed by atoms with Crippen molar-refractivity contribution in [3.05, 3.63) is 35.5 Å². The molecule has 1 aliphatic rings. The third-order valence-electron chi connectivity index (χ3n) is 3.34. The number of anilines is 1. The van der Waals surface area contributed by atoms with Crippen molar-refractivity contribution < 1.29 is 9.53 Å². The van der Waals surface area contributed by atoms with Crippen LogP contribution in [0.2, 0.25) is 0 Å². The smallest absolute Gasteiger partial charge is 0.341 e. The molecule has 1 aromatic rings. The standard InChI is InChI=1S/C15H20N2O2/c1-19-15(18)13-8-5-10-16-14(13)17-11-9-12-6-3-2-4-7-12/h5-6,8,10H,2-4,7,9,11H2,1H3,(H,16,17). The van der Waals surface area contributed by atoms with E-state index in [2.05, 4.69) is 16.4 Å². The van der Waals surface area contributed by atoms with Crippen LogP contribution < -0.4 is 5.32 Å². The number of allylic oxidation sites excluding steroid dienone is 1. The number of rotatable bonds is 5. The summed E-state index contributed by atoms with van der Waals surface area (Å²) in [6.45, 7) is 0.798. The van der Waals surface area contributed by atoms with E-state index in [0.717, 1.165) is 13.0 Å². The van der Waals surface area contributed by atoms with Gasteiger partial charge in [-0.1, -0.05) is 11.6 Å². The molecule has 0 aromatic carbocycles. The number of aromatic nitrogens is 1. The van der Waals surface area contributed by atoms with E-state index in [1.807, 2.05) is 0 Å². The van der Waals surface area contributed by atoms with E-state index in [0.29, 0.717) is 11.4 Å². The molecule has 1 heterocycles. The fourth-order valence-corrected chi connectivity index (χ4v) is 2.29. The Balaban J connectivity index is 1.92. The lowest BCUT2D eigenvalue weighted by Crippen LogP contribution is -2.11. The van der Waals surface area contributed by atoms with Gasteiger partial charge >= 0.3 is 5.97 Å². The minimum Gasteiger partial charge on any atom is -0.465 e. The van der Waals surface area contributed by atoms with Gasteiger partial charge in [0.2, 0.25) is 0 Å². The van der Waals surface area contributed by atoms with Gasteiger partial charge in [-0.25, -0.2) is 9.78 Å². The average molecular weight is 260 g/mol. The number of pyridine rings is 1. The van der Waals surface area contributed by atoms with Crippen LogP contribution in [0.4, 0.5) is 5.82 Å². The highest BCUT2D eigenvalue weighted by atomic mass is 16.5. The van der Waals surface area contributed by atoms with Gasteiger partial charge in [0, 0.05) is 12.7 Å². The first-order chi connectivity index (χ1) is 9.31. The van der Waals surface area contributed by atoms with E-state index in [9.17, 15) is 4.79 Å². The minimum atomic E-state index is -0.354. The van der Waals surface area contributed by atoms with Crippen molar-refractivity contribution >= 4 is 11.8 Å². The van der Waals surface area contributed by atoms with E-state index in [-0.39, 0.29) is 5.97 Å². The van der Waals surface area contributed by atoms with Gasteiger partial charge in [0.25, 0.3) is 0 Å². The number of carbonyl (C=O) groups excluding carboxylic acids is 1. The van der Waals surface area contributed by atoms with Crippen LogP contribution in [0.3, 0.4) is 0 Å². The number of hydrogen-bond donors (Lipinski definition) is 1. The first kappa shape index (κ1) is 13.6. The quantitative estimate of drug-likeness (QED) is 0.652. The maximum Gasteiger partial charge on any atom is 0.341 e. The molecule has 1 N–H and O–H groups in total. The van der Waals surface area contributed by atoms with Crippen LogP contribution in [-0.4, -0.2) is 24.6 Å². The van der Waals surface area contributed by atoms with Crippen LogP contribution in [0.5, 0.6) is 0 Å². The molecule has 0 radical (unpaired) electrons. The van der Waals surface area contributed by atoms with Crippen molar-refractivity contribution in [1.29, 1.82) is 0 Å². The molecule has 0 unspecified atom stereocenters. The van der Waals surface area contributed by atoms with Crippen molar-refractivity contribution in [2.24, 2.45) is 0 Å². The molecule has 0 fully saturated rings. The average Bonchev–Trinajstić information content (AvgIpc) is 2.48. The zero-order chi connectivity index (χ0) is 13.5. The molecule has 0 bridgehead atoms. The summed E-state index contributed by atoms with van der Waals surface area (Å²) < 4.78 is 4.74. The van der Waals surface area contributed by atoms with Crippen molar-refractivity contribution in [1.82, 2.24) is 4.98 Å². The fraction of sp³-hybridized carbons (Fsp3) is 0.467. The Morgan fingerprint density at radius 2 is 2.37 bits per heavy atom. The Kier molecular flexibility index (Phi) is 4.95. The van der Waals surface area contributed by atoms with Gasteiger partial charge in [-0.05, 0) is 44.2 Å². The summed E-state index contributed by atoms with van der Waals surface area (Å²) >= 11 is 0. The first-order valence-corrected chi connectivity index (χ1v) is 6.76. The van der Waals surface area contributed by atoms with Crippen molar-refractivity contribution in [3.8, 4) is 0 Å². The minimum absolute atomic E-state index is 0.354. The maximum absolute atomic E-state index is 11.6. The van der Waals surface area contributed by atoms with E-state index in [1.165, 1.54) is 38.4 Å². The summed E-state index contributed by atoms with van der Waals surface area (Å²) in [5, 5.41) is 3.22. The van der Waals surface area contributed by atoms with E-state index in [4.69, 9.17) is 4.74 Å². The Bertz CT molecular complexity index is 469. The number of hydrogen-bond acceptors (Lipinski definition) is 4. The van der Waals surface area contributed by atoms with Gasteiger partial charge in [-0.15, -0.1) is 0 Å². The van der Waals surface area contributed by atoms with Gasteiger partial charge < -0.3 is 10.1 Å². The topological polar surface area (TPSA) is 51.2 Å². The molecule has 0 atom stereocenters. The third kappa shape index (κ3) is 3.81. The summed E-state index contributed by atoms with van der Waals surface area (Å²) in [7, 11) is 1.38. The second kappa shape index (κ2) is 6.92. The molecule has 0 spiro atoms. The predicted octanol–water partition coefficient (Wildman–Crippen LogP) is 3.17. The second-order valence-corrected chi connectivity index (χ2v) is 4.68. The van der Waals surface area contributed by atoms with Crippen LogP contribution in [-0.2, 0) is 4.74 Å². The Labute approximate surface area is 113 Å². The number of methoxy groups -OCH3 is 1.